The summed E-state index contributed by atoms with van der Waals surface area (Å²) >= 11 is 0. The molecule has 6 nitrogen and oxygen atoms in total. The van der Waals surface area contributed by atoms with Crippen LogP contribution in [0.25, 0.3) is 0 Å². The van der Waals surface area contributed by atoms with Gasteiger partial charge in [0.2, 0.25) is 0 Å². The molecule has 0 saturated carbocycles. The molecule has 0 rings (SSSR count). The lowest BCUT2D eigenvalue weighted by Gasteiger charge is -2.12. The zero-order chi connectivity index (χ0) is 13.3. The van der Waals surface area contributed by atoms with Gasteiger partial charge < -0.3 is 13.8 Å². The molecular formula is C10H19O6P. The van der Waals surface area contributed by atoms with Crippen LogP contribution in [0, 0.1) is 0 Å². The normalized spacial score (nSPS) is 11.2. The maximum atomic E-state index is 11.6. The van der Waals surface area contributed by atoms with Crippen molar-refractivity contribution in [2.75, 3.05) is 27.0 Å². The highest BCUT2D eigenvalue weighted by Gasteiger charge is 2.24. The molecule has 0 N–H and O–H groups in total. The van der Waals surface area contributed by atoms with Gasteiger partial charge in [0.1, 0.15) is 11.9 Å². The first-order chi connectivity index (χ1) is 7.97. The molecule has 0 aliphatic carbocycles. The summed E-state index contributed by atoms with van der Waals surface area (Å²) in [5.74, 6) is -0.580. The van der Waals surface area contributed by atoms with Gasteiger partial charge in [0.05, 0.1) is 6.61 Å². The first-order valence-corrected chi connectivity index (χ1v) is 7.08. The molecule has 100 valence electrons. The standard InChI is InChI=1S/C10H19O6P/c1-4-16-10(12)7-5-6-9(11)8-17(13,14-2)15-3/h4-8H2,1-3H3. The second kappa shape index (κ2) is 8.39. The summed E-state index contributed by atoms with van der Waals surface area (Å²) in [4.78, 5) is 22.4. The van der Waals surface area contributed by atoms with E-state index in [1.165, 1.54) is 14.2 Å². The fourth-order valence-corrected chi connectivity index (χ4v) is 2.16. The molecule has 0 unspecified atom stereocenters. The first kappa shape index (κ1) is 16.3. The molecule has 0 atom stereocenters. The van der Waals surface area contributed by atoms with E-state index in [0.717, 1.165) is 0 Å². The number of ketones is 1. The summed E-state index contributed by atoms with van der Waals surface area (Å²) in [6.07, 6.45) is 0.466. The molecule has 0 fully saturated rings. The van der Waals surface area contributed by atoms with Crippen molar-refractivity contribution in [3.05, 3.63) is 0 Å². The van der Waals surface area contributed by atoms with E-state index in [-0.39, 0.29) is 30.8 Å². The van der Waals surface area contributed by atoms with Crippen LogP contribution in [0.2, 0.25) is 0 Å². The maximum absolute atomic E-state index is 11.6. The van der Waals surface area contributed by atoms with Crippen LogP contribution in [0.3, 0.4) is 0 Å². The average Bonchev–Trinajstić information content (AvgIpc) is 2.29. The second-order valence-corrected chi connectivity index (χ2v) is 5.60. The Morgan fingerprint density at radius 1 is 1.12 bits per heavy atom. The number of esters is 1. The maximum Gasteiger partial charge on any atom is 0.337 e. The van der Waals surface area contributed by atoms with Crippen molar-refractivity contribution < 1.29 is 27.9 Å². The molecule has 0 aromatic carbocycles. The van der Waals surface area contributed by atoms with Gasteiger partial charge in [0.15, 0.2) is 0 Å². The lowest BCUT2D eigenvalue weighted by molar-refractivity contribution is -0.143. The van der Waals surface area contributed by atoms with Crippen LogP contribution < -0.4 is 0 Å². The Morgan fingerprint density at radius 3 is 2.18 bits per heavy atom. The zero-order valence-corrected chi connectivity index (χ0v) is 11.3. The largest absolute Gasteiger partial charge is 0.466 e. The molecule has 0 bridgehead atoms. The minimum absolute atomic E-state index is 0.162. The first-order valence-electron chi connectivity index (χ1n) is 5.35. The van der Waals surface area contributed by atoms with Crippen molar-refractivity contribution in [3.8, 4) is 0 Å². The predicted octanol–water partition coefficient (Wildman–Crippen LogP) is 1.77. The minimum Gasteiger partial charge on any atom is -0.466 e. The number of carbonyl (C=O) groups excluding carboxylic acids is 2. The summed E-state index contributed by atoms with van der Waals surface area (Å²) in [6, 6.07) is 0. The topological polar surface area (TPSA) is 78.9 Å². The highest BCUT2D eigenvalue weighted by molar-refractivity contribution is 7.54. The molecule has 0 aromatic rings. The van der Waals surface area contributed by atoms with Gasteiger partial charge in [-0.25, -0.2) is 0 Å². The summed E-state index contributed by atoms with van der Waals surface area (Å²) in [5.41, 5.74) is 0. The van der Waals surface area contributed by atoms with Crippen molar-refractivity contribution in [2.45, 2.75) is 26.2 Å². The lowest BCUT2D eigenvalue weighted by atomic mass is 10.2. The minimum atomic E-state index is -3.28. The van der Waals surface area contributed by atoms with Crippen molar-refractivity contribution in [3.63, 3.8) is 0 Å². The summed E-state index contributed by atoms with van der Waals surface area (Å²) in [6.45, 7) is 2.05. The Hall–Kier alpha value is -0.710. The van der Waals surface area contributed by atoms with E-state index in [9.17, 15) is 14.2 Å². The third kappa shape index (κ3) is 7.26. The van der Waals surface area contributed by atoms with Gasteiger partial charge in [-0.3, -0.25) is 14.2 Å². The van der Waals surface area contributed by atoms with Gasteiger partial charge in [-0.05, 0) is 13.3 Å². The number of rotatable bonds is 9. The van der Waals surface area contributed by atoms with Crippen LogP contribution in [-0.2, 0) is 27.9 Å². The molecule has 0 aromatic heterocycles. The van der Waals surface area contributed by atoms with Gasteiger partial charge in [-0.15, -0.1) is 0 Å². The number of carbonyl (C=O) groups is 2. The van der Waals surface area contributed by atoms with E-state index in [0.29, 0.717) is 13.0 Å². The number of hydrogen-bond acceptors (Lipinski definition) is 6. The van der Waals surface area contributed by atoms with E-state index < -0.39 is 7.60 Å². The van der Waals surface area contributed by atoms with E-state index in [1.807, 2.05) is 0 Å². The van der Waals surface area contributed by atoms with Gasteiger partial charge in [-0.2, -0.15) is 0 Å². The Kier molecular flexibility index (Phi) is 8.04. The van der Waals surface area contributed by atoms with Crippen LogP contribution in [0.15, 0.2) is 0 Å². The van der Waals surface area contributed by atoms with Gasteiger partial charge >= 0.3 is 13.6 Å². The smallest absolute Gasteiger partial charge is 0.337 e. The molecule has 7 heteroatoms. The second-order valence-electron chi connectivity index (χ2n) is 3.33. The Bertz CT molecular complexity index is 293. The monoisotopic (exact) mass is 266 g/mol. The lowest BCUT2D eigenvalue weighted by Crippen LogP contribution is -2.09. The third-order valence-corrected chi connectivity index (χ3v) is 3.92. The summed E-state index contributed by atoms with van der Waals surface area (Å²) in [5, 5.41) is 0. The number of Topliss-reactive ketones (excluding diaryl/α,β-unsaturated/α-hetero) is 1. The fraction of sp³-hybridized carbons (Fsp3) is 0.800. The molecule has 0 radical (unpaired) electrons. The molecular weight excluding hydrogens is 247 g/mol. The molecule has 0 aliphatic rings. The molecule has 17 heavy (non-hydrogen) atoms. The van der Waals surface area contributed by atoms with Crippen LogP contribution in [0.5, 0.6) is 0 Å². The van der Waals surface area contributed by atoms with Crippen molar-refractivity contribution in [1.29, 1.82) is 0 Å². The van der Waals surface area contributed by atoms with Crippen molar-refractivity contribution in [2.24, 2.45) is 0 Å². The number of ether oxygens (including phenoxy) is 1. The van der Waals surface area contributed by atoms with Crippen LogP contribution in [0.1, 0.15) is 26.2 Å². The van der Waals surface area contributed by atoms with Gasteiger partial charge in [0.25, 0.3) is 0 Å². The highest BCUT2D eigenvalue weighted by atomic mass is 31.2. The Morgan fingerprint density at radius 2 is 1.71 bits per heavy atom. The van der Waals surface area contributed by atoms with E-state index in [2.05, 4.69) is 9.05 Å². The zero-order valence-electron chi connectivity index (χ0n) is 10.4. The molecule has 0 saturated heterocycles. The van der Waals surface area contributed by atoms with E-state index in [1.54, 1.807) is 6.92 Å². The van der Waals surface area contributed by atoms with Gasteiger partial charge in [-0.1, -0.05) is 0 Å². The SMILES string of the molecule is CCOC(=O)CCCC(=O)CP(=O)(OC)OC. The van der Waals surface area contributed by atoms with E-state index >= 15 is 0 Å². The van der Waals surface area contributed by atoms with E-state index in [4.69, 9.17) is 4.74 Å². The van der Waals surface area contributed by atoms with Crippen LogP contribution in [-0.4, -0.2) is 38.7 Å². The van der Waals surface area contributed by atoms with Crippen molar-refractivity contribution in [1.82, 2.24) is 0 Å². The van der Waals surface area contributed by atoms with Crippen LogP contribution >= 0.6 is 7.60 Å². The molecule has 0 heterocycles. The average molecular weight is 266 g/mol. The van der Waals surface area contributed by atoms with Crippen molar-refractivity contribution >= 4 is 19.3 Å². The molecule has 0 spiro atoms. The predicted molar refractivity (Wildman–Crippen MR) is 62.0 cm³/mol. The summed E-state index contributed by atoms with van der Waals surface area (Å²) < 4.78 is 25.6. The van der Waals surface area contributed by atoms with Crippen LogP contribution in [0.4, 0.5) is 0 Å². The highest BCUT2D eigenvalue weighted by Crippen LogP contribution is 2.46. The Labute approximate surface area is 101 Å². The van der Waals surface area contributed by atoms with Gasteiger partial charge in [0, 0.05) is 27.1 Å². The molecule has 0 aliphatic heterocycles. The quantitative estimate of drug-likeness (QED) is 0.467. The summed E-state index contributed by atoms with van der Waals surface area (Å²) in [7, 11) is -0.815. The fourth-order valence-electron chi connectivity index (χ4n) is 1.16. The number of hydrogen-bond donors (Lipinski definition) is 0. The third-order valence-electron chi connectivity index (χ3n) is 2.07. The Balaban J connectivity index is 3.88. The molecule has 0 amide bonds.